The fourth-order valence-corrected chi connectivity index (χ4v) is 2.90. The quantitative estimate of drug-likeness (QED) is 0.798. The lowest BCUT2D eigenvalue weighted by atomic mass is 9.62. The third-order valence-corrected chi connectivity index (χ3v) is 3.82. The Morgan fingerprint density at radius 1 is 1.30 bits per heavy atom. The molecule has 1 amide bonds. The van der Waals surface area contributed by atoms with Crippen LogP contribution in [0.1, 0.15) is 33.6 Å². The molecule has 0 bridgehead atoms. The van der Waals surface area contributed by atoms with Crippen LogP contribution in [0.5, 0.6) is 0 Å². The highest BCUT2D eigenvalue weighted by molar-refractivity contribution is 5.69. The van der Waals surface area contributed by atoms with Crippen molar-refractivity contribution in [2.45, 2.75) is 51.4 Å². The van der Waals surface area contributed by atoms with Crippen LogP contribution in [0.25, 0.3) is 0 Å². The fourth-order valence-electron chi connectivity index (χ4n) is 2.90. The van der Waals surface area contributed by atoms with E-state index in [0.29, 0.717) is 13.1 Å². The summed E-state index contributed by atoms with van der Waals surface area (Å²) in [6.45, 7) is 6.68. The predicted molar refractivity (Wildman–Crippen MR) is 72.3 cm³/mol. The number of aliphatic hydroxyl groups is 2. The number of ether oxygens (including phenoxy) is 2. The highest BCUT2D eigenvalue weighted by atomic mass is 16.6. The summed E-state index contributed by atoms with van der Waals surface area (Å²) in [5, 5.41) is 17.9. The first-order valence-electron chi connectivity index (χ1n) is 7.12. The van der Waals surface area contributed by atoms with Crippen LogP contribution in [0, 0.1) is 5.41 Å². The summed E-state index contributed by atoms with van der Waals surface area (Å²) in [5.41, 5.74) is -0.294. The molecule has 1 heterocycles. The zero-order valence-electron chi connectivity index (χ0n) is 12.5. The summed E-state index contributed by atoms with van der Waals surface area (Å²) in [7, 11) is 0. The number of likely N-dealkylation sites (tertiary alicyclic amines) is 1. The van der Waals surface area contributed by atoms with Crippen molar-refractivity contribution in [2.24, 2.45) is 5.41 Å². The lowest BCUT2D eigenvalue weighted by molar-refractivity contribution is -0.175. The topological polar surface area (TPSA) is 79.2 Å². The average molecular weight is 287 g/mol. The summed E-state index contributed by atoms with van der Waals surface area (Å²) < 4.78 is 10.9. The van der Waals surface area contributed by atoms with E-state index in [-0.39, 0.29) is 30.8 Å². The third kappa shape index (κ3) is 3.42. The van der Waals surface area contributed by atoms with Crippen molar-refractivity contribution in [3.8, 4) is 0 Å². The maximum absolute atomic E-state index is 11.8. The maximum atomic E-state index is 11.8. The Bertz CT molecular complexity index is 347. The molecule has 1 saturated carbocycles. The van der Waals surface area contributed by atoms with Gasteiger partial charge in [0.2, 0.25) is 0 Å². The van der Waals surface area contributed by atoms with Gasteiger partial charge in [0, 0.05) is 18.5 Å². The minimum atomic E-state index is -0.487. The molecule has 0 aromatic carbocycles. The molecular formula is C14H25NO5. The number of nitrogens with zero attached hydrogens (tertiary/aromatic N) is 1. The molecule has 0 atom stereocenters. The van der Waals surface area contributed by atoms with Gasteiger partial charge in [0.05, 0.1) is 19.3 Å². The van der Waals surface area contributed by atoms with Crippen molar-refractivity contribution in [2.75, 3.05) is 26.3 Å². The van der Waals surface area contributed by atoms with Gasteiger partial charge in [0.25, 0.3) is 0 Å². The van der Waals surface area contributed by atoms with Crippen LogP contribution in [-0.4, -0.2) is 65.3 Å². The zero-order valence-corrected chi connectivity index (χ0v) is 12.5. The van der Waals surface area contributed by atoms with Gasteiger partial charge < -0.3 is 24.6 Å². The normalized spacial score (nSPS) is 21.8. The molecule has 2 fully saturated rings. The molecule has 0 aromatic heterocycles. The van der Waals surface area contributed by atoms with Gasteiger partial charge in [-0.05, 0) is 33.6 Å². The number of rotatable bonds is 4. The van der Waals surface area contributed by atoms with E-state index in [9.17, 15) is 4.79 Å². The minimum absolute atomic E-state index is 0.0834. The van der Waals surface area contributed by atoms with Gasteiger partial charge in [-0.2, -0.15) is 0 Å². The number of carbonyl (C=O) groups is 1. The zero-order chi connectivity index (χ0) is 15.0. The second-order valence-corrected chi connectivity index (χ2v) is 6.99. The van der Waals surface area contributed by atoms with E-state index < -0.39 is 11.7 Å². The molecule has 116 valence electrons. The molecule has 1 aliphatic carbocycles. The monoisotopic (exact) mass is 287 g/mol. The van der Waals surface area contributed by atoms with Crippen LogP contribution in [0.2, 0.25) is 0 Å². The first-order chi connectivity index (χ1) is 9.27. The smallest absolute Gasteiger partial charge is 0.410 e. The molecule has 2 N–H and O–H groups in total. The van der Waals surface area contributed by atoms with Crippen LogP contribution in [-0.2, 0) is 9.47 Å². The highest BCUT2D eigenvalue weighted by Crippen LogP contribution is 2.50. The van der Waals surface area contributed by atoms with Gasteiger partial charge in [0.1, 0.15) is 11.7 Å². The Kier molecular flexibility index (Phi) is 4.27. The van der Waals surface area contributed by atoms with Crippen molar-refractivity contribution in [1.29, 1.82) is 0 Å². The summed E-state index contributed by atoms with van der Waals surface area (Å²) in [4.78, 5) is 13.5. The predicted octanol–water partition coefficient (Wildman–Crippen LogP) is 0.756. The van der Waals surface area contributed by atoms with E-state index in [1.807, 2.05) is 20.8 Å². The second-order valence-electron chi connectivity index (χ2n) is 6.99. The number of carbonyl (C=O) groups excluding carboxylic acids is 1. The summed E-state index contributed by atoms with van der Waals surface area (Å²) in [6.07, 6.45) is 1.10. The maximum Gasteiger partial charge on any atom is 0.410 e. The van der Waals surface area contributed by atoms with Crippen LogP contribution >= 0.6 is 0 Å². The van der Waals surface area contributed by atoms with Crippen molar-refractivity contribution in [3.05, 3.63) is 0 Å². The molecule has 1 aliphatic heterocycles. The minimum Gasteiger partial charge on any atom is -0.444 e. The Labute approximate surface area is 119 Å². The van der Waals surface area contributed by atoms with E-state index in [1.54, 1.807) is 4.90 Å². The lowest BCUT2D eigenvalue weighted by Gasteiger charge is -2.58. The number of aliphatic hydroxyl groups excluding tert-OH is 2. The molecule has 6 heteroatoms. The molecule has 20 heavy (non-hydrogen) atoms. The first kappa shape index (κ1) is 15.5. The van der Waals surface area contributed by atoms with Crippen LogP contribution in [0.4, 0.5) is 4.79 Å². The molecule has 0 radical (unpaired) electrons. The fraction of sp³-hybridized carbons (Fsp3) is 0.929. The molecule has 1 saturated heterocycles. The summed E-state index contributed by atoms with van der Waals surface area (Å²) in [5.74, 6) is 0. The molecule has 0 unspecified atom stereocenters. The van der Waals surface area contributed by atoms with Gasteiger partial charge >= 0.3 is 6.09 Å². The van der Waals surface area contributed by atoms with Gasteiger partial charge in [-0.15, -0.1) is 0 Å². The SMILES string of the molecule is CC(C)(C)OC(=O)N1CC2(CC(OC(CO)CO)C2)C1. The van der Waals surface area contributed by atoms with E-state index in [4.69, 9.17) is 19.7 Å². The largest absolute Gasteiger partial charge is 0.444 e. The molecule has 2 aliphatic rings. The Hall–Kier alpha value is -0.850. The Morgan fingerprint density at radius 3 is 2.30 bits per heavy atom. The average Bonchev–Trinajstić information content (AvgIpc) is 2.22. The number of hydrogen-bond acceptors (Lipinski definition) is 5. The van der Waals surface area contributed by atoms with Gasteiger partial charge in [0.15, 0.2) is 0 Å². The van der Waals surface area contributed by atoms with Crippen LogP contribution < -0.4 is 0 Å². The van der Waals surface area contributed by atoms with Crippen LogP contribution in [0.3, 0.4) is 0 Å². The Morgan fingerprint density at radius 2 is 1.85 bits per heavy atom. The van der Waals surface area contributed by atoms with Crippen molar-refractivity contribution in [1.82, 2.24) is 4.90 Å². The van der Waals surface area contributed by atoms with Gasteiger partial charge in [-0.25, -0.2) is 4.79 Å². The lowest BCUT2D eigenvalue weighted by Crippen LogP contribution is -2.66. The van der Waals surface area contributed by atoms with E-state index in [2.05, 4.69) is 0 Å². The van der Waals surface area contributed by atoms with Gasteiger partial charge in [-0.1, -0.05) is 0 Å². The summed E-state index contributed by atoms with van der Waals surface area (Å²) >= 11 is 0. The van der Waals surface area contributed by atoms with Crippen molar-refractivity contribution in [3.63, 3.8) is 0 Å². The first-order valence-corrected chi connectivity index (χ1v) is 7.12. The third-order valence-electron chi connectivity index (χ3n) is 3.82. The van der Waals surface area contributed by atoms with Crippen molar-refractivity contribution >= 4 is 6.09 Å². The number of amides is 1. The molecule has 1 spiro atoms. The van der Waals surface area contributed by atoms with E-state index >= 15 is 0 Å². The van der Waals surface area contributed by atoms with E-state index in [0.717, 1.165) is 12.8 Å². The Balaban J connectivity index is 1.69. The molecule has 2 rings (SSSR count). The number of hydrogen-bond donors (Lipinski definition) is 2. The molecule has 0 aromatic rings. The van der Waals surface area contributed by atoms with Crippen molar-refractivity contribution < 1.29 is 24.5 Å². The molecular weight excluding hydrogens is 262 g/mol. The molecule has 6 nitrogen and oxygen atoms in total. The van der Waals surface area contributed by atoms with Crippen LogP contribution in [0.15, 0.2) is 0 Å². The standard InChI is InChI=1S/C14H25NO5/c1-13(2,3)20-12(18)15-8-14(9-15)4-10(5-14)19-11(6-16)7-17/h10-11,16-17H,4-9H2,1-3H3. The van der Waals surface area contributed by atoms with E-state index in [1.165, 1.54) is 0 Å². The van der Waals surface area contributed by atoms with Gasteiger partial charge in [-0.3, -0.25) is 0 Å². The second kappa shape index (κ2) is 5.50. The summed E-state index contributed by atoms with van der Waals surface area (Å²) in [6, 6.07) is 0. The highest BCUT2D eigenvalue weighted by Gasteiger charge is 2.55.